The fraction of sp³-hybridized carbons (Fsp3) is 0.226. The smallest absolute Gasteiger partial charge is 0.298 e. The molecule has 238 valence electrons. The lowest BCUT2D eigenvalue weighted by Crippen LogP contribution is -2.33. The van der Waals surface area contributed by atoms with E-state index in [1.807, 2.05) is 12.1 Å². The molecule has 4 aromatic rings. The highest BCUT2D eigenvalue weighted by Crippen LogP contribution is 2.44. The summed E-state index contributed by atoms with van der Waals surface area (Å²) in [6.07, 6.45) is -1.02. The third-order valence-electron chi connectivity index (χ3n) is 7.03. The molecule has 0 saturated carbocycles. The molecule has 2 atom stereocenters. The van der Waals surface area contributed by atoms with E-state index in [2.05, 4.69) is 0 Å². The van der Waals surface area contributed by atoms with E-state index in [0.29, 0.717) is 33.8 Å². The molecule has 0 fully saturated rings. The summed E-state index contributed by atoms with van der Waals surface area (Å²) in [5.41, 5.74) is 13.5. The van der Waals surface area contributed by atoms with E-state index in [1.165, 1.54) is 24.3 Å². The molecule has 6 N–H and O–H groups in total. The van der Waals surface area contributed by atoms with Crippen LogP contribution in [0.3, 0.4) is 0 Å². The van der Waals surface area contributed by atoms with Crippen molar-refractivity contribution in [3.05, 3.63) is 96.1 Å². The van der Waals surface area contributed by atoms with Gasteiger partial charge in [-0.25, -0.2) is 0 Å². The van der Waals surface area contributed by atoms with E-state index in [0.717, 1.165) is 0 Å². The highest BCUT2D eigenvalue weighted by Gasteiger charge is 2.30. The van der Waals surface area contributed by atoms with Crippen molar-refractivity contribution < 1.29 is 44.9 Å². The molecular weight excluding hydrogens is 624 g/mol. The van der Waals surface area contributed by atoms with Gasteiger partial charge in [0.1, 0.15) is 58.2 Å². The molecule has 1 aliphatic rings. The molecular formula is C31H32N2O10S2. The van der Waals surface area contributed by atoms with Crippen LogP contribution < -0.4 is 30.4 Å². The van der Waals surface area contributed by atoms with Gasteiger partial charge in [0.25, 0.3) is 20.2 Å². The van der Waals surface area contributed by atoms with Gasteiger partial charge in [0.05, 0.1) is 0 Å². The second-order valence-corrected chi connectivity index (χ2v) is 13.0. The maximum Gasteiger partial charge on any atom is 0.298 e. The lowest BCUT2D eigenvalue weighted by molar-refractivity contribution is 0.132. The van der Waals surface area contributed by atoms with Crippen LogP contribution in [0, 0.1) is 0 Å². The largest absolute Gasteiger partial charge is 0.488 e. The third-order valence-corrected chi connectivity index (χ3v) is 8.78. The first-order valence-electron chi connectivity index (χ1n) is 13.8. The van der Waals surface area contributed by atoms with Gasteiger partial charge < -0.3 is 30.4 Å². The lowest BCUT2D eigenvalue weighted by Gasteiger charge is -2.20. The highest BCUT2D eigenvalue weighted by atomic mass is 32.2. The topological polar surface area (TPSA) is 198 Å². The Kier molecular flexibility index (Phi) is 9.62. The van der Waals surface area contributed by atoms with Crippen LogP contribution in [0.2, 0.25) is 0 Å². The zero-order valence-corrected chi connectivity index (χ0v) is 25.5. The van der Waals surface area contributed by atoms with Gasteiger partial charge in [-0.15, -0.1) is 0 Å². The number of rotatable bonds is 14. The summed E-state index contributed by atoms with van der Waals surface area (Å²) in [6, 6.07) is 23.1. The van der Waals surface area contributed by atoms with Crippen molar-refractivity contribution in [2.24, 2.45) is 11.5 Å². The Morgan fingerprint density at radius 2 is 1.00 bits per heavy atom. The predicted octanol–water partition coefficient (Wildman–Crippen LogP) is 3.32. The Morgan fingerprint density at radius 1 is 0.622 bits per heavy atom. The van der Waals surface area contributed by atoms with Gasteiger partial charge in [-0.3, -0.25) is 9.11 Å². The molecule has 0 saturated heterocycles. The predicted molar refractivity (Wildman–Crippen MR) is 165 cm³/mol. The SMILES string of the molecule is NCC(COc1cc2c(cc1S(=O)(=O)O)-c1cc(S(=O)(=O)O)c(OCC(CN)Oc3ccccc3)cc1C2)Oc1ccccc1. The minimum absolute atomic E-state index is 0.0646. The Morgan fingerprint density at radius 3 is 1.33 bits per heavy atom. The van der Waals surface area contributed by atoms with Gasteiger partial charge in [0.2, 0.25) is 0 Å². The van der Waals surface area contributed by atoms with Crippen LogP contribution in [0.1, 0.15) is 11.1 Å². The molecule has 12 nitrogen and oxygen atoms in total. The summed E-state index contributed by atoms with van der Waals surface area (Å²) < 4.78 is 93.0. The van der Waals surface area contributed by atoms with E-state index in [9.17, 15) is 25.9 Å². The van der Waals surface area contributed by atoms with E-state index >= 15 is 0 Å². The Bertz CT molecular complexity index is 1730. The molecule has 4 aromatic carbocycles. The van der Waals surface area contributed by atoms with Gasteiger partial charge in [0, 0.05) is 13.1 Å². The fourth-order valence-electron chi connectivity index (χ4n) is 4.88. The number of fused-ring (bicyclic) bond motifs is 3. The Labute approximate surface area is 261 Å². The first-order chi connectivity index (χ1) is 21.5. The van der Waals surface area contributed by atoms with Crippen molar-refractivity contribution in [1.82, 2.24) is 0 Å². The highest BCUT2D eigenvalue weighted by molar-refractivity contribution is 7.86. The molecule has 45 heavy (non-hydrogen) atoms. The van der Waals surface area contributed by atoms with Gasteiger partial charge >= 0.3 is 0 Å². The molecule has 0 heterocycles. The number of ether oxygens (including phenoxy) is 4. The molecule has 0 aromatic heterocycles. The molecule has 0 spiro atoms. The Hall–Kier alpha value is -4.18. The number of benzene rings is 4. The molecule has 5 rings (SSSR count). The van der Waals surface area contributed by atoms with Crippen LogP contribution in [0.25, 0.3) is 11.1 Å². The zero-order chi connectivity index (χ0) is 32.2. The van der Waals surface area contributed by atoms with Gasteiger partial charge in [-0.2, -0.15) is 16.8 Å². The molecule has 0 aliphatic heterocycles. The van der Waals surface area contributed by atoms with Crippen LogP contribution in [0.15, 0.2) is 94.7 Å². The second kappa shape index (κ2) is 13.4. The molecule has 2 unspecified atom stereocenters. The minimum atomic E-state index is -4.78. The summed E-state index contributed by atoms with van der Waals surface area (Å²) in [7, 11) is -9.56. The van der Waals surface area contributed by atoms with Crippen LogP contribution in [-0.4, -0.2) is 64.5 Å². The van der Waals surface area contributed by atoms with Crippen LogP contribution in [0.5, 0.6) is 23.0 Å². The zero-order valence-electron chi connectivity index (χ0n) is 23.9. The first-order valence-corrected chi connectivity index (χ1v) is 16.7. The van der Waals surface area contributed by atoms with Crippen molar-refractivity contribution in [3.8, 4) is 34.1 Å². The van der Waals surface area contributed by atoms with Crippen molar-refractivity contribution in [2.75, 3.05) is 26.3 Å². The average molecular weight is 657 g/mol. The summed E-state index contributed by atoms with van der Waals surface area (Å²) in [4.78, 5) is -1.05. The van der Waals surface area contributed by atoms with E-state index in [1.54, 1.807) is 48.5 Å². The van der Waals surface area contributed by atoms with Crippen LogP contribution in [0.4, 0.5) is 0 Å². The third kappa shape index (κ3) is 7.73. The number of hydrogen-bond donors (Lipinski definition) is 4. The number of para-hydroxylation sites is 2. The van der Waals surface area contributed by atoms with Crippen molar-refractivity contribution in [3.63, 3.8) is 0 Å². The molecule has 0 amide bonds. The quantitative estimate of drug-likeness (QED) is 0.127. The van der Waals surface area contributed by atoms with Gasteiger partial charge in [0.15, 0.2) is 0 Å². The molecule has 1 aliphatic carbocycles. The standard InChI is InChI=1S/C31H32N2O10S2/c32-16-24(42-22-7-3-1-4-8-22)18-40-28-12-20-11-21-13-29(41-19-25(17-33)43-23-9-5-2-6-10-23)31(45(37,38)39)15-27(21)26(20)14-30(28)44(34,35)36/h1-10,12-15,24-25H,11,16-19,32-33H2,(H,34,35,36)(H,37,38,39). The maximum atomic E-state index is 12.4. The van der Waals surface area contributed by atoms with E-state index in [4.69, 9.17) is 30.4 Å². The fourth-order valence-corrected chi connectivity index (χ4v) is 6.16. The number of nitrogens with two attached hydrogens (primary N) is 2. The second-order valence-electron chi connectivity index (χ2n) is 10.2. The maximum absolute atomic E-state index is 12.4. The van der Waals surface area contributed by atoms with E-state index < -0.39 is 42.2 Å². The first kappa shape index (κ1) is 32.2. The van der Waals surface area contributed by atoms with Crippen molar-refractivity contribution in [2.45, 2.75) is 28.4 Å². The normalized spacial score (nSPS) is 13.8. The molecule has 14 heteroatoms. The van der Waals surface area contributed by atoms with Crippen molar-refractivity contribution in [1.29, 1.82) is 0 Å². The van der Waals surface area contributed by atoms with Crippen LogP contribution in [-0.2, 0) is 26.7 Å². The van der Waals surface area contributed by atoms with E-state index in [-0.39, 0.29) is 44.2 Å². The van der Waals surface area contributed by atoms with Gasteiger partial charge in [-0.1, -0.05) is 36.4 Å². The van der Waals surface area contributed by atoms with Crippen LogP contribution >= 0.6 is 0 Å². The summed E-state index contributed by atoms with van der Waals surface area (Å²) >= 11 is 0. The minimum Gasteiger partial charge on any atom is -0.488 e. The molecule has 0 radical (unpaired) electrons. The summed E-state index contributed by atoms with van der Waals surface area (Å²) in [6.45, 7) is -0.125. The van der Waals surface area contributed by atoms with Gasteiger partial charge in [-0.05, 0) is 77.2 Å². The lowest BCUT2D eigenvalue weighted by atomic mass is 10.1. The Balaban J connectivity index is 1.42. The monoisotopic (exact) mass is 656 g/mol. The summed E-state index contributed by atoms with van der Waals surface area (Å²) in [5, 5.41) is 0. The molecule has 0 bridgehead atoms. The number of hydrogen-bond acceptors (Lipinski definition) is 10. The average Bonchev–Trinajstić information content (AvgIpc) is 3.36. The van der Waals surface area contributed by atoms with Crippen molar-refractivity contribution >= 4 is 20.2 Å². The summed E-state index contributed by atoms with van der Waals surface area (Å²) in [5.74, 6) is 0.838.